The number of rotatable bonds is 16. The van der Waals surface area contributed by atoms with Crippen LogP contribution in [0.4, 0.5) is 0 Å². The van der Waals surface area contributed by atoms with E-state index in [9.17, 15) is 42.9 Å². The van der Waals surface area contributed by atoms with E-state index in [1.54, 1.807) is 40.6 Å². The molecule has 12 rings (SSSR count). The number of ether oxygens (including phenoxy) is 7. The number of nitrogens with one attached hydrogen (secondary N) is 6. The number of hydrogen-bond acceptors (Lipinski definition) is 25. The van der Waals surface area contributed by atoms with Gasteiger partial charge < -0.3 is 89.3 Å². The first-order chi connectivity index (χ1) is 51.5. The third-order valence-corrected chi connectivity index (χ3v) is 15.7. The minimum Gasteiger partial charge on any atom is -1.00 e. The molecule has 0 aromatic carbocycles. The van der Waals surface area contributed by atoms with E-state index in [-0.39, 0.29) is 167 Å². The van der Waals surface area contributed by atoms with E-state index >= 15 is 0 Å². The fourth-order valence-electron chi connectivity index (χ4n) is 8.89. The molecule has 7 N–H and O–H groups in total. The molecular weight excluding hydrogens is 2290 g/mol. The van der Waals surface area contributed by atoms with E-state index in [1.165, 1.54) is 84.9 Å². The topological polar surface area (TPSA) is 460 Å². The van der Waals surface area contributed by atoms with Crippen molar-refractivity contribution in [2.45, 2.75) is 13.8 Å². The molecule has 12 heterocycles. The molecule has 0 aliphatic carbocycles. The second-order valence-corrected chi connectivity index (χ2v) is 47.1. The zero-order valence-electron chi connectivity index (χ0n) is 62.3. The van der Waals surface area contributed by atoms with Gasteiger partial charge in [0.1, 0.15) is 69.8 Å². The molecule has 51 heteroatoms. The van der Waals surface area contributed by atoms with Crippen molar-refractivity contribution in [2.75, 3.05) is 49.8 Å². The molecule has 7 radical (unpaired) electrons. The third kappa shape index (κ3) is 31.3. The van der Waals surface area contributed by atoms with Crippen molar-refractivity contribution >= 4 is 306 Å². The average Bonchev–Trinajstić information content (AvgIpc) is 1.64. The number of halogens is 10. The van der Waals surface area contributed by atoms with Crippen molar-refractivity contribution in [1.29, 1.82) is 2.67 Å². The molecule has 12 aromatic heterocycles. The summed E-state index contributed by atoms with van der Waals surface area (Å²) in [4.78, 5) is 143. The standard InChI is InChI=1S/C11H9BN2O3.C11H9BrN2O3.C10H6BBrN2O3.C10H7BrN2O4.C9H10N2O2.C8H7BrN2O.CH2O3.Al.BH2.BH.Br3OP.3ClH.2K.U.H/c1-5-9-8(7(17-2)4-13-5)6(3-14-9)10(15)11(12)16;1-5(15)10(16)6-3-13-9-8(6)7(17-2)4-14-11(9)12;1-17-5-3-14-10(12)7-6(5)4(2-13-7)8(15)9(11)16;1-17-5-3-13-9(11)7-6(5)4(2-12-7)8(14)10(15)16;1-12-7-5-11-9(13-2)8-6(7)3-4-10-8;1-12-6-4-11-8(9)7-5(6)2-3-10-7;2-1-4-3;;;;1-5(2,3)4;;;;;;;/h3-4,14H,1-2H3;3-4,13H,1-2H3;2-3,13H,1H3;2-3,12H,1H3,(H,15,16);3-5,10H,1-2H3;2-4,10H,1H3;1,3H;;1H2;1H;;3*1H;;;;/q;;;;;;;+3;;;;;;;2*+1;;-1/p-4/i;;;;;;;;1T2;;;;;;;;;. The quantitative estimate of drug-likeness (QED) is 0.00911. The predicted molar refractivity (Wildman–Crippen MR) is 437 cm³/mol. The number of aromatic amines is 6. The van der Waals surface area contributed by atoms with E-state index in [2.05, 4.69) is 175 Å². The number of carboxylic acid groups (broad SMARTS) is 1. The molecule has 0 fully saturated rings. The molecule has 0 aliphatic heterocycles. The maximum Gasteiger partial charge on any atom is 1.00 e. The van der Waals surface area contributed by atoms with E-state index in [4.69, 9.17) is 96.8 Å². The summed E-state index contributed by atoms with van der Waals surface area (Å²) in [5, 5.41) is 21.2. The van der Waals surface area contributed by atoms with Gasteiger partial charge >= 0.3 is 120 Å². The number of ketones is 5. The largest absolute Gasteiger partial charge is 1.00 e. The number of H-pyrrole nitrogens is 6. The van der Waals surface area contributed by atoms with Crippen LogP contribution in [0.3, 0.4) is 0 Å². The minimum atomic E-state index is -2.20. The zero-order chi connectivity index (χ0) is 82.3. The number of fused-ring (bicyclic) bond motifs is 6. The summed E-state index contributed by atoms with van der Waals surface area (Å²) in [5.41, 5.74) is 3.65. The van der Waals surface area contributed by atoms with Gasteiger partial charge in [0, 0.05) is 141 Å². The smallest absolute Gasteiger partial charge is 1.00 e. The number of carbonyl (C=O) groups is 9. The van der Waals surface area contributed by atoms with Crippen LogP contribution in [0.1, 0.15) is 55.5 Å². The first kappa shape index (κ1) is 106. The van der Waals surface area contributed by atoms with Crippen LogP contribution < -0.4 is 141 Å². The summed E-state index contributed by atoms with van der Waals surface area (Å²) in [6.07, 6.45) is 18.6. The molecule has 32 nitrogen and oxygen atoms in total. The van der Waals surface area contributed by atoms with Gasteiger partial charge in [0.2, 0.25) is 23.2 Å². The maximum atomic E-state index is 11.7. The van der Waals surface area contributed by atoms with E-state index < -0.39 is 60.9 Å². The van der Waals surface area contributed by atoms with Crippen LogP contribution in [0.15, 0.2) is 105 Å². The Morgan fingerprint density at radius 3 is 1.11 bits per heavy atom. The van der Waals surface area contributed by atoms with Gasteiger partial charge in [-0.3, -0.25) is 38.3 Å². The van der Waals surface area contributed by atoms with Crippen LogP contribution in [0.2, 0.25) is 0 Å². The number of aryl methyl sites for hydroxylation is 1. The number of hydrogen-bond donors (Lipinski definition) is 7. The number of carbonyl (C=O) groups excluding carboxylic acids is 8. The van der Waals surface area contributed by atoms with Gasteiger partial charge in [-0.15, -0.1) is 0 Å². The van der Waals surface area contributed by atoms with Gasteiger partial charge in [0.05, 0.1) is 172 Å². The Labute approximate surface area is 823 Å². The van der Waals surface area contributed by atoms with Crippen LogP contribution in [-0.4, -0.2) is 214 Å². The molecule has 111 heavy (non-hydrogen) atoms. The SMILES string of the molecule is COc1cnc(Br)c2[nH]cc(C(=O)C(=O)O)c12.COc1cnc(Br)c2[nH]cc(C(=O)C(C)=O)c12.COc1cnc(Br)c2[nH]ccc12.COc1cnc(OC)c2[nH]ccc12.O=CO[O-].O=P(Br)(Br)Br.[3H][B][3H].[BH].[B]C(=O)C(=O)c1c[nH]c2c(Br)ncc(OC)c12.[B]C(=O)C(=O)c1c[nH]c2c(C)ncc(OC)c12.[Cl][Al]([Cl])[Cl].[H-].[K+].[K+].[U]. The Bertz CT molecular complexity index is 4820. The number of carboxylic acids is 1. The summed E-state index contributed by atoms with van der Waals surface area (Å²) < 4.78 is 57.5. The number of Topliss-reactive ketones (excluding diaryl/α,β-unsaturated/α-hetero) is 5. The van der Waals surface area contributed by atoms with Crippen LogP contribution in [-0.2, 0) is 33.4 Å². The molecule has 0 atom stereocenters. The van der Waals surface area contributed by atoms with Crippen LogP contribution in [0.5, 0.6) is 40.4 Å². The summed E-state index contributed by atoms with van der Waals surface area (Å²) in [7, 11) is 36.0. The van der Waals surface area contributed by atoms with Crippen molar-refractivity contribution < 1.29 is 231 Å². The molecule has 12 aromatic rings. The molecular formula is C60H53AlB4Br7Cl3K2N12O20PU. The van der Waals surface area contributed by atoms with Crippen LogP contribution in [0.25, 0.3) is 65.4 Å². The molecule has 0 saturated heterocycles. The first-order valence-corrected chi connectivity index (χ1v) is 44.4. The van der Waals surface area contributed by atoms with E-state index in [1.807, 2.05) is 24.5 Å². The Kier molecular flexibility index (Phi) is 51.6. The zero-order valence-corrected chi connectivity index (χ0v) is 85.1. The molecule has 0 unspecified atom stereocenters. The van der Waals surface area contributed by atoms with Crippen LogP contribution in [0, 0.1) is 38.0 Å². The summed E-state index contributed by atoms with van der Waals surface area (Å²) in [6, 6.07) is 3.89. The average molecular weight is 2350 g/mol. The van der Waals surface area contributed by atoms with Crippen molar-refractivity contribution in [3.05, 3.63) is 133 Å². The van der Waals surface area contributed by atoms with Crippen LogP contribution >= 0.6 is 144 Å². The monoisotopic (exact) mass is 2340 g/mol. The second kappa shape index (κ2) is 54.1. The molecule has 0 amide bonds. The molecule has 0 aliphatic rings. The molecule has 569 valence electrons. The molecule has 0 saturated carbocycles. The Hall–Kier alpha value is -3.09. The Balaban J connectivity index is -0.00000124. The van der Waals surface area contributed by atoms with E-state index in [0.29, 0.717) is 106 Å². The van der Waals surface area contributed by atoms with Crippen molar-refractivity contribution in [1.82, 2.24) is 59.8 Å². The first-order valence-electron chi connectivity index (χ1n) is 29.4. The van der Waals surface area contributed by atoms with Gasteiger partial charge in [0.15, 0.2) is 21.5 Å². The fraction of sp³-hybridized carbons (Fsp3) is 0.150. The number of pyridine rings is 6. The number of aliphatic carboxylic acids is 1. The van der Waals surface area contributed by atoms with Crippen molar-refractivity contribution in [3.8, 4) is 40.4 Å². The fourth-order valence-corrected chi connectivity index (χ4v) is 10.6. The van der Waals surface area contributed by atoms with Crippen molar-refractivity contribution in [3.63, 3.8) is 0 Å². The predicted octanol–water partition coefficient (Wildman–Crippen LogP) is 5.55. The third-order valence-electron chi connectivity index (χ3n) is 13.3. The Morgan fingerprint density at radius 1 is 0.532 bits per heavy atom. The summed E-state index contributed by atoms with van der Waals surface area (Å²) in [5.74, 6) is -1.35. The summed E-state index contributed by atoms with van der Waals surface area (Å²) in [6.45, 7) is 2.85. The van der Waals surface area contributed by atoms with Gasteiger partial charge in [-0.2, -0.15) is 0 Å². The van der Waals surface area contributed by atoms with Crippen molar-refractivity contribution in [2.24, 2.45) is 0 Å². The summed E-state index contributed by atoms with van der Waals surface area (Å²) >= 11 is 19.6. The normalized spacial score (nSPS) is 9.87. The van der Waals surface area contributed by atoms with Gasteiger partial charge in [-0.1, -0.05) is 0 Å². The van der Waals surface area contributed by atoms with E-state index in [0.717, 1.165) is 37.9 Å². The number of nitrogens with zero attached hydrogens (tertiary/aromatic N) is 6. The Morgan fingerprint density at radius 2 is 0.802 bits per heavy atom. The maximum absolute atomic E-state index is 11.7. The number of methoxy groups -OCH3 is 7. The van der Waals surface area contributed by atoms with Gasteiger partial charge in [-0.05, 0) is 85.4 Å². The second-order valence-electron chi connectivity index (χ2n) is 19.3. The number of aromatic nitrogens is 12. The molecule has 0 bridgehead atoms. The molecule has 0 spiro atoms. The van der Waals surface area contributed by atoms with Gasteiger partial charge in [-0.25, -0.2) is 59.9 Å². The minimum absolute atomic E-state index is 0. The van der Waals surface area contributed by atoms with Gasteiger partial charge in [0.25, 0.3) is 15.5 Å².